The van der Waals surface area contributed by atoms with E-state index in [2.05, 4.69) is 20.2 Å². The van der Waals surface area contributed by atoms with Crippen molar-refractivity contribution in [2.75, 3.05) is 36.5 Å². The van der Waals surface area contributed by atoms with Gasteiger partial charge in [-0.2, -0.15) is 0 Å². The third-order valence-corrected chi connectivity index (χ3v) is 5.83. The Morgan fingerprint density at radius 2 is 1.87 bits per heavy atom. The molecular weight excluding hydrogens is 412 g/mol. The summed E-state index contributed by atoms with van der Waals surface area (Å²) < 4.78 is 12.2. The normalized spacial score (nSPS) is 13.9. The minimum Gasteiger partial charge on any atom is -0.457 e. The minimum absolute atomic E-state index is 0.227. The number of nitrogens with zero attached hydrogens (tertiary/aromatic N) is 3. The summed E-state index contributed by atoms with van der Waals surface area (Å²) in [7, 11) is 0. The van der Waals surface area contributed by atoms with E-state index in [-0.39, 0.29) is 5.91 Å². The Labute approximate surface area is 183 Å². The first-order valence-electron chi connectivity index (χ1n) is 9.99. The first kappa shape index (κ1) is 19.5. The predicted molar refractivity (Wildman–Crippen MR) is 121 cm³/mol. The Hall–Kier alpha value is -3.49. The zero-order chi connectivity index (χ0) is 21.0. The Morgan fingerprint density at radius 1 is 1.03 bits per heavy atom. The van der Waals surface area contributed by atoms with Crippen molar-refractivity contribution in [3.63, 3.8) is 0 Å². The summed E-state index contributed by atoms with van der Waals surface area (Å²) in [5.74, 6) is 1.94. The molecule has 0 bridgehead atoms. The molecule has 1 amide bonds. The van der Waals surface area contributed by atoms with Crippen LogP contribution in [0.4, 0.5) is 10.9 Å². The van der Waals surface area contributed by atoms with Crippen LogP contribution in [0.1, 0.15) is 10.4 Å². The number of fused-ring (bicyclic) bond motifs is 1. The summed E-state index contributed by atoms with van der Waals surface area (Å²) in [5.41, 5.74) is 1.33. The third-order valence-electron chi connectivity index (χ3n) is 4.90. The number of amides is 1. The van der Waals surface area contributed by atoms with Gasteiger partial charge in [0.25, 0.3) is 5.91 Å². The van der Waals surface area contributed by atoms with Crippen LogP contribution < -0.4 is 15.0 Å². The number of rotatable bonds is 5. The Bertz CT molecular complexity index is 1210. The number of carbonyl (C=O) groups excluding carboxylic acids is 1. The maximum Gasteiger partial charge on any atom is 0.261 e. The molecule has 0 radical (unpaired) electrons. The lowest BCUT2D eigenvalue weighted by Crippen LogP contribution is -2.38. The highest BCUT2D eigenvalue weighted by Gasteiger charge is 2.20. The van der Waals surface area contributed by atoms with Crippen LogP contribution in [0.15, 0.2) is 66.9 Å². The monoisotopic (exact) mass is 432 g/mol. The lowest BCUT2D eigenvalue weighted by atomic mass is 10.2. The van der Waals surface area contributed by atoms with Gasteiger partial charge >= 0.3 is 0 Å². The smallest absolute Gasteiger partial charge is 0.261 e. The molecule has 1 aliphatic heterocycles. The first-order valence-corrected chi connectivity index (χ1v) is 10.8. The number of morpholine rings is 1. The highest BCUT2D eigenvalue weighted by Crippen LogP contribution is 2.32. The SMILES string of the molecule is O=C(Nc1nc2ccc(Oc3ccccc3)cc2s1)c1cccnc1N1CCOCC1. The second-order valence-electron chi connectivity index (χ2n) is 6.99. The number of para-hydroxylation sites is 1. The van der Waals surface area contributed by atoms with Crippen molar-refractivity contribution >= 4 is 38.4 Å². The van der Waals surface area contributed by atoms with Gasteiger partial charge in [0.2, 0.25) is 0 Å². The molecule has 0 unspecified atom stereocenters. The van der Waals surface area contributed by atoms with Crippen molar-refractivity contribution in [2.24, 2.45) is 0 Å². The molecule has 0 atom stereocenters. The molecule has 0 aliphatic carbocycles. The quantitative estimate of drug-likeness (QED) is 0.498. The van der Waals surface area contributed by atoms with Crippen molar-refractivity contribution in [1.82, 2.24) is 9.97 Å². The molecule has 1 fully saturated rings. The van der Waals surface area contributed by atoms with E-state index < -0.39 is 0 Å². The number of hydrogen-bond acceptors (Lipinski definition) is 7. The van der Waals surface area contributed by atoms with Crippen LogP contribution in [0, 0.1) is 0 Å². The molecule has 31 heavy (non-hydrogen) atoms. The van der Waals surface area contributed by atoms with Crippen LogP contribution >= 0.6 is 11.3 Å². The van der Waals surface area contributed by atoms with Gasteiger partial charge in [-0.3, -0.25) is 10.1 Å². The van der Waals surface area contributed by atoms with Gasteiger partial charge in [0.1, 0.15) is 17.3 Å². The van der Waals surface area contributed by atoms with E-state index in [0.29, 0.717) is 42.8 Å². The molecule has 1 saturated heterocycles. The number of thiazole rings is 1. The van der Waals surface area contributed by atoms with Crippen molar-refractivity contribution in [2.45, 2.75) is 0 Å². The zero-order valence-corrected chi connectivity index (χ0v) is 17.5. The van der Waals surface area contributed by atoms with Gasteiger partial charge in [-0.05, 0) is 36.4 Å². The second-order valence-corrected chi connectivity index (χ2v) is 8.02. The molecule has 8 heteroatoms. The fraction of sp³-hybridized carbons (Fsp3) is 0.174. The van der Waals surface area contributed by atoms with E-state index in [0.717, 1.165) is 21.7 Å². The van der Waals surface area contributed by atoms with E-state index in [1.54, 1.807) is 18.3 Å². The van der Waals surface area contributed by atoms with E-state index in [1.807, 2.05) is 48.5 Å². The van der Waals surface area contributed by atoms with Crippen molar-refractivity contribution < 1.29 is 14.3 Å². The molecule has 1 N–H and O–H groups in total. The number of anilines is 2. The second kappa shape index (κ2) is 8.71. The lowest BCUT2D eigenvalue weighted by molar-refractivity contribution is 0.102. The van der Waals surface area contributed by atoms with Crippen LogP contribution in [-0.2, 0) is 4.74 Å². The topological polar surface area (TPSA) is 76.6 Å². The van der Waals surface area contributed by atoms with Crippen LogP contribution in [-0.4, -0.2) is 42.2 Å². The van der Waals surface area contributed by atoms with Gasteiger partial charge in [0.05, 0.1) is 29.0 Å². The number of benzene rings is 2. The van der Waals surface area contributed by atoms with Gasteiger partial charge in [0, 0.05) is 25.4 Å². The number of hydrogen-bond donors (Lipinski definition) is 1. The van der Waals surface area contributed by atoms with Crippen LogP contribution in [0.2, 0.25) is 0 Å². The van der Waals surface area contributed by atoms with Gasteiger partial charge in [0.15, 0.2) is 5.13 Å². The Kier molecular flexibility index (Phi) is 5.47. The Morgan fingerprint density at radius 3 is 2.71 bits per heavy atom. The highest BCUT2D eigenvalue weighted by molar-refractivity contribution is 7.22. The molecular formula is C23H20N4O3S. The Balaban J connectivity index is 1.35. The molecule has 4 aromatic rings. The number of carbonyl (C=O) groups is 1. The largest absolute Gasteiger partial charge is 0.457 e. The standard InChI is InChI=1S/C23H20N4O3S/c28-22(18-7-4-10-24-21(18)27-11-13-29-14-12-27)26-23-25-19-9-8-17(15-20(19)31-23)30-16-5-2-1-3-6-16/h1-10,15H,11-14H2,(H,25,26,28). The van der Waals surface area contributed by atoms with Gasteiger partial charge in [-0.15, -0.1) is 0 Å². The van der Waals surface area contributed by atoms with Crippen molar-refractivity contribution in [3.8, 4) is 11.5 Å². The molecule has 7 nitrogen and oxygen atoms in total. The molecule has 5 rings (SSSR count). The first-order chi connectivity index (χ1) is 15.3. The molecule has 1 aliphatic rings. The average Bonchev–Trinajstić information content (AvgIpc) is 3.22. The van der Waals surface area contributed by atoms with E-state index in [1.165, 1.54) is 11.3 Å². The third kappa shape index (κ3) is 4.35. The number of aromatic nitrogens is 2. The van der Waals surface area contributed by atoms with E-state index in [4.69, 9.17) is 9.47 Å². The fourth-order valence-electron chi connectivity index (χ4n) is 3.41. The van der Waals surface area contributed by atoms with Crippen LogP contribution in [0.5, 0.6) is 11.5 Å². The van der Waals surface area contributed by atoms with Crippen LogP contribution in [0.3, 0.4) is 0 Å². The minimum atomic E-state index is -0.227. The summed E-state index contributed by atoms with van der Waals surface area (Å²) in [5, 5.41) is 3.46. The van der Waals surface area contributed by atoms with Gasteiger partial charge in [-0.1, -0.05) is 29.5 Å². The highest BCUT2D eigenvalue weighted by atomic mass is 32.1. The number of pyridine rings is 1. The molecule has 2 aromatic carbocycles. The summed E-state index contributed by atoms with van der Waals surface area (Å²) in [6, 6.07) is 18.9. The van der Waals surface area contributed by atoms with Crippen LogP contribution in [0.25, 0.3) is 10.2 Å². The van der Waals surface area contributed by atoms with Gasteiger partial charge in [-0.25, -0.2) is 9.97 Å². The molecule has 156 valence electrons. The molecule has 0 saturated carbocycles. The summed E-state index contributed by atoms with van der Waals surface area (Å²) in [6.45, 7) is 2.68. The maximum absolute atomic E-state index is 13.0. The van der Waals surface area contributed by atoms with E-state index >= 15 is 0 Å². The predicted octanol–water partition coefficient (Wildman–Crippen LogP) is 4.57. The fourth-order valence-corrected chi connectivity index (χ4v) is 4.30. The zero-order valence-electron chi connectivity index (χ0n) is 16.7. The molecule has 0 spiro atoms. The van der Waals surface area contributed by atoms with E-state index in [9.17, 15) is 4.79 Å². The maximum atomic E-state index is 13.0. The number of nitrogens with one attached hydrogen (secondary N) is 1. The molecule has 3 heterocycles. The average molecular weight is 433 g/mol. The number of ether oxygens (including phenoxy) is 2. The molecule has 2 aromatic heterocycles. The van der Waals surface area contributed by atoms with Crippen molar-refractivity contribution in [1.29, 1.82) is 0 Å². The summed E-state index contributed by atoms with van der Waals surface area (Å²) in [6.07, 6.45) is 1.70. The lowest BCUT2D eigenvalue weighted by Gasteiger charge is -2.29. The van der Waals surface area contributed by atoms with Gasteiger partial charge < -0.3 is 14.4 Å². The van der Waals surface area contributed by atoms with Crippen molar-refractivity contribution in [3.05, 3.63) is 72.4 Å². The summed E-state index contributed by atoms with van der Waals surface area (Å²) in [4.78, 5) is 24.0. The summed E-state index contributed by atoms with van der Waals surface area (Å²) >= 11 is 1.41.